The summed E-state index contributed by atoms with van der Waals surface area (Å²) in [4.78, 5) is 2.45. The summed E-state index contributed by atoms with van der Waals surface area (Å²) in [5, 5.41) is 3.70. The quantitative estimate of drug-likeness (QED) is 0.763. The summed E-state index contributed by atoms with van der Waals surface area (Å²) in [6.45, 7) is 14.6. The van der Waals surface area contributed by atoms with E-state index in [1.165, 1.54) is 17.5 Å². The van der Waals surface area contributed by atoms with Crippen LogP contribution in [0.3, 0.4) is 0 Å². The zero-order valence-corrected chi connectivity index (χ0v) is 14.9. The Labute approximate surface area is 131 Å². The number of aryl methyl sites for hydroxylation is 1. The van der Waals surface area contributed by atoms with Crippen molar-refractivity contribution >= 4 is 0 Å². The standard InChI is InChI=1S/C19H34N2/c1-7-13-20-18(17-10-8-16(2)9-11-17)12-14-21(6)15-19(3,4)5/h8-11,18,20H,7,12-15H2,1-6H3. The van der Waals surface area contributed by atoms with Gasteiger partial charge in [-0.25, -0.2) is 0 Å². The molecule has 1 unspecified atom stereocenters. The van der Waals surface area contributed by atoms with Crippen molar-refractivity contribution in [3.63, 3.8) is 0 Å². The fourth-order valence-electron chi connectivity index (χ4n) is 2.74. The van der Waals surface area contributed by atoms with Crippen LogP contribution in [-0.4, -0.2) is 31.6 Å². The molecule has 1 N–H and O–H groups in total. The van der Waals surface area contributed by atoms with E-state index < -0.39 is 0 Å². The molecular formula is C19H34N2. The van der Waals surface area contributed by atoms with Crippen LogP contribution >= 0.6 is 0 Å². The Morgan fingerprint density at radius 1 is 1.14 bits per heavy atom. The topological polar surface area (TPSA) is 15.3 Å². The summed E-state index contributed by atoms with van der Waals surface area (Å²) in [7, 11) is 2.23. The van der Waals surface area contributed by atoms with Gasteiger partial charge in [0, 0.05) is 12.6 Å². The van der Waals surface area contributed by atoms with E-state index in [-0.39, 0.29) is 0 Å². The van der Waals surface area contributed by atoms with Crippen molar-refractivity contribution in [1.82, 2.24) is 10.2 Å². The second-order valence-electron chi connectivity index (χ2n) is 7.50. The highest BCUT2D eigenvalue weighted by atomic mass is 15.1. The Hall–Kier alpha value is -0.860. The molecule has 0 radical (unpaired) electrons. The molecule has 0 bridgehead atoms. The Morgan fingerprint density at radius 2 is 1.76 bits per heavy atom. The lowest BCUT2D eigenvalue weighted by molar-refractivity contribution is 0.217. The number of hydrogen-bond donors (Lipinski definition) is 1. The van der Waals surface area contributed by atoms with E-state index in [9.17, 15) is 0 Å². The van der Waals surface area contributed by atoms with Crippen LogP contribution in [0.1, 0.15) is 57.7 Å². The lowest BCUT2D eigenvalue weighted by atomic mass is 9.96. The smallest absolute Gasteiger partial charge is 0.0332 e. The second kappa shape index (κ2) is 8.55. The molecule has 1 aromatic rings. The third-order valence-electron chi connectivity index (χ3n) is 3.66. The normalized spacial score (nSPS) is 13.7. The van der Waals surface area contributed by atoms with E-state index in [0.717, 1.165) is 26.1 Å². The summed E-state index contributed by atoms with van der Waals surface area (Å²) in [6, 6.07) is 9.44. The zero-order chi connectivity index (χ0) is 15.9. The number of benzene rings is 1. The van der Waals surface area contributed by atoms with Crippen LogP contribution in [0.2, 0.25) is 0 Å². The van der Waals surface area contributed by atoms with E-state index in [1.54, 1.807) is 0 Å². The van der Waals surface area contributed by atoms with Crippen LogP contribution in [0, 0.1) is 12.3 Å². The van der Waals surface area contributed by atoms with Gasteiger partial charge in [0.25, 0.3) is 0 Å². The largest absolute Gasteiger partial charge is 0.310 e. The van der Waals surface area contributed by atoms with Crippen LogP contribution in [0.15, 0.2) is 24.3 Å². The third-order valence-corrected chi connectivity index (χ3v) is 3.66. The molecule has 0 saturated carbocycles. The molecule has 0 saturated heterocycles. The van der Waals surface area contributed by atoms with Crippen molar-refractivity contribution in [2.24, 2.45) is 5.41 Å². The van der Waals surface area contributed by atoms with Gasteiger partial charge in [0.15, 0.2) is 0 Å². The predicted molar refractivity (Wildman–Crippen MR) is 93.8 cm³/mol. The van der Waals surface area contributed by atoms with Gasteiger partial charge in [0.1, 0.15) is 0 Å². The SMILES string of the molecule is CCCNC(CCN(C)CC(C)(C)C)c1ccc(C)cc1. The summed E-state index contributed by atoms with van der Waals surface area (Å²) >= 11 is 0. The highest BCUT2D eigenvalue weighted by Gasteiger charge is 2.16. The molecule has 120 valence electrons. The molecule has 0 aliphatic heterocycles. The molecule has 0 heterocycles. The minimum absolute atomic E-state index is 0.366. The lowest BCUT2D eigenvalue weighted by Crippen LogP contribution is -2.32. The van der Waals surface area contributed by atoms with Gasteiger partial charge in [-0.15, -0.1) is 0 Å². The van der Waals surface area contributed by atoms with Crippen LogP contribution in [0.25, 0.3) is 0 Å². The highest BCUT2D eigenvalue weighted by Crippen LogP contribution is 2.19. The first-order valence-corrected chi connectivity index (χ1v) is 8.30. The molecular weight excluding hydrogens is 256 g/mol. The van der Waals surface area contributed by atoms with Gasteiger partial charge in [-0.2, -0.15) is 0 Å². The first kappa shape index (κ1) is 18.2. The van der Waals surface area contributed by atoms with E-state index in [2.05, 4.69) is 76.1 Å². The monoisotopic (exact) mass is 290 g/mol. The van der Waals surface area contributed by atoms with Gasteiger partial charge >= 0.3 is 0 Å². The molecule has 0 amide bonds. The molecule has 21 heavy (non-hydrogen) atoms. The number of rotatable bonds is 8. The van der Waals surface area contributed by atoms with E-state index in [4.69, 9.17) is 0 Å². The highest BCUT2D eigenvalue weighted by molar-refractivity contribution is 5.24. The molecule has 1 atom stereocenters. The summed E-state index contributed by atoms with van der Waals surface area (Å²) < 4.78 is 0. The number of nitrogens with one attached hydrogen (secondary N) is 1. The molecule has 1 rings (SSSR count). The molecule has 2 heteroatoms. The molecule has 0 aliphatic rings. The minimum Gasteiger partial charge on any atom is -0.310 e. The molecule has 0 aliphatic carbocycles. The molecule has 1 aromatic carbocycles. The number of hydrogen-bond acceptors (Lipinski definition) is 2. The predicted octanol–water partition coefficient (Wildman–Crippen LogP) is 4.40. The van der Waals surface area contributed by atoms with Gasteiger partial charge in [-0.3, -0.25) is 0 Å². The summed E-state index contributed by atoms with van der Waals surface area (Å²) in [6.07, 6.45) is 2.34. The average Bonchev–Trinajstić information content (AvgIpc) is 2.38. The fourth-order valence-corrected chi connectivity index (χ4v) is 2.74. The maximum atomic E-state index is 3.70. The maximum absolute atomic E-state index is 3.70. The van der Waals surface area contributed by atoms with Crippen molar-refractivity contribution in [3.05, 3.63) is 35.4 Å². The maximum Gasteiger partial charge on any atom is 0.0332 e. The molecule has 0 aromatic heterocycles. The second-order valence-corrected chi connectivity index (χ2v) is 7.50. The van der Waals surface area contributed by atoms with Crippen molar-refractivity contribution < 1.29 is 0 Å². The molecule has 2 nitrogen and oxygen atoms in total. The fraction of sp³-hybridized carbons (Fsp3) is 0.684. The van der Waals surface area contributed by atoms with E-state index in [1.807, 2.05) is 0 Å². The van der Waals surface area contributed by atoms with Crippen molar-refractivity contribution in [3.8, 4) is 0 Å². The van der Waals surface area contributed by atoms with Gasteiger partial charge in [-0.1, -0.05) is 57.5 Å². The average molecular weight is 290 g/mol. The molecule has 0 fully saturated rings. The van der Waals surface area contributed by atoms with Gasteiger partial charge in [-0.05, 0) is 50.9 Å². The summed E-state index contributed by atoms with van der Waals surface area (Å²) in [5.74, 6) is 0. The third kappa shape index (κ3) is 7.63. The van der Waals surface area contributed by atoms with Crippen molar-refractivity contribution in [2.45, 2.75) is 53.5 Å². The zero-order valence-electron chi connectivity index (χ0n) is 14.9. The Kier molecular flexibility index (Phi) is 7.41. The first-order valence-electron chi connectivity index (χ1n) is 8.30. The minimum atomic E-state index is 0.366. The van der Waals surface area contributed by atoms with E-state index >= 15 is 0 Å². The van der Waals surface area contributed by atoms with Crippen molar-refractivity contribution in [1.29, 1.82) is 0 Å². The van der Waals surface area contributed by atoms with Crippen LogP contribution in [0.4, 0.5) is 0 Å². The first-order chi connectivity index (χ1) is 9.81. The van der Waals surface area contributed by atoms with E-state index in [0.29, 0.717) is 11.5 Å². The Bertz CT molecular complexity index is 389. The Morgan fingerprint density at radius 3 is 2.29 bits per heavy atom. The van der Waals surface area contributed by atoms with Crippen LogP contribution < -0.4 is 5.32 Å². The lowest BCUT2D eigenvalue weighted by Gasteiger charge is -2.28. The van der Waals surface area contributed by atoms with Crippen molar-refractivity contribution in [2.75, 3.05) is 26.7 Å². The van der Waals surface area contributed by atoms with Gasteiger partial charge in [0.05, 0.1) is 0 Å². The van der Waals surface area contributed by atoms with Gasteiger partial charge in [0.2, 0.25) is 0 Å². The summed E-state index contributed by atoms with van der Waals surface area (Å²) in [5.41, 5.74) is 3.11. The Balaban J connectivity index is 2.60. The van der Waals surface area contributed by atoms with Crippen LogP contribution in [0.5, 0.6) is 0 Å². The molecule has 0 spiro atoms. The number of nitrogens with zero attached hydrogens (tertiary/aromatic N) is 1. The van der Waals surface area contributed by atoms with Crippen LogP contribution in [-0.2, 0) is 0 Å². The van der Waals surface area contributed by atoms with Gasteiger partial charge < -0.3 is 10.2 Å².